The number of carbonyl (C=O) groups excluding carboxylic acids is 2. The highest BCUT2D eigenvalue weighted by atomic mass is 16.2. The van der Waals surface area contributed by atoms with Crippen LogP contribution in [0.1, 0.15) is 18.4 Å². The zero-order valence-electron chi connectivity index (χ0n) is 10.8. The van der Waals surface area contributed by atoms with Crippen LogP contribution in [0.4, 0.5) is 5.69 Å². The van der Waals surface area contributed by atoms with Crippen molar-refractivity contribution in [1.82, 2.24) is 5.32 Å². The second kappa shape index (κ2) is 6.33. The first-order valence-corrected chi connectivity index (χ1v) is 6.54. The van der Waals surface area contributed by atoms with Crippen LogP contribution < -0.4 is 16.4 Å². The Bertz CT molecular complexity index is 450. The molecule has 102 valence electrons. The topological polar surface area (TPSA) is 84.2 Å². The van der Waals surface area contributed by atoms with E-state index in [0.29, 0.717) is 0 Å². The molecule has 2 rings (SSSR count). The summed E-state index contributed by atoms with van der Waals surface area (Å²) >= 11 is 0. The number of rotatable bonds is 4. The molecule has 4 N–H and O–H groups in total. The smallest absolute Gasteiger partial charge is 0.228 e. The Balaban J connectivity index is 1.91. The minimum Gasteiger partial charge on any atom is -0.369 e. The van der Waals surface area contributed by atoms with Crippen molar-refractivity contribution >= 4 is 17.5 Å². The second-order valence-electron chi connectivity index (χ2n) is 4.87. The number of hydrogen-bond donors (Lipinski definition) is 3. The van der Waals surface area contributed by atoms with Crippen LogP contribution in [0, 0.1) is 5.92 Å². The average molecular weight is 261 g/mol. The summed E-state index contributed by atoms with van der Waals surface area (Å²) in [5, 5.41) is 6.12. The molecule has 5 nitrogen and oxygen atoms in total. The maximum atomic E-state index is 12.0. The van der Waals surface area contributed by atoms with Gasteiger partial charge >= 0.3 is 0 Å². The van der Waals surface area contributed by atoms with Crippen LogP contribution >= 0.6 is 0 Å². The molecule has 1 heterocycles. The minimum atomic E-state index is -0.356. The predicted octanol–water partition coefficient (Wildman–Crippen LogP) is 0.652. The van der Waals surface area contributed by atoms with Crippen LogP contribution in [-0.2, 0) is 16.0 Å². The molecule has 5 heteroatoms. The summed E-state index contributed by atoms with van der Waals surface area (Å²) in [6, 6.07) is 7.21. The molecule has 2 amide bonds. The second-order valence-corrected chi connectivity index (χ2v) is 4.87. The average Bonchev–Trinajstić information content (AvgIpc) is 2.41. The van der Waals surface area contributed by atoms with Crippen molar-refractivity contribution in [2.75, 3.05) is 18.4 Å². The summed E-state index contributed by atoms with van der Waals surface area (Å²) in [7, 11) is 0. The van der Waals surface area contributed by atoms with Gasteiger partial charge in [-0.15, -0.1) is 0 Å². The van der Waals surface area contributed by atoms with E-state index in [4.69, 9.17) is 5.73 Å². The number of primary amides is 1. The summed E-state index contributed by atoms with van der Waals surface area (Å²) < 4.78 is 0. The first-order chi connectivity index (χ1) is 9.15. The molecule has 0 spiro atoms. The number of anilines is 1. The van der Waals surface area contributed by atoms with Gasteiger partial charge in [0.25, 0.3) is 0 Å². The first kappa shape index (κ1) is 13.5. The molecule has 0 aromatic heterocycles. The van der Waals surface area contributed by atoms with Gasteiger partial charge in [0.05, 0.1) is 12.3 Å². The molecule has 19 heavy (non-hydrogen) atoms. The van der Waals surface area contributed by atoms with Crippen molar-refractivity contribution in [3.05, 3.63) is 29.8 Å². The Labute approximate surface area is 112 Å². The van der Waals surface area contributed by atoms with E-state index in [1.54, 1.807) is 24.3 Å². The van der Waals surface area contributed by atoms with Crippen LogP contribution in [0.15, 0.2) is 24.3 Å². The fraction of sp³-hybridized carbons (Fsp3) is 0.429. The van der Waals surface area contributed by atoms with E-state index in [1.165, 1.54) is 0 Å². The molecule has 1 aliphatic heterocycles. The molecule has 1 aromatic carbocycles. The van der Waals surface area contributed by atoms with Gasteiger partial charge in [-0.25, -0.2) is 0 Å². The van der Waals surface area contributed by atoms with Crippen molar-refractivity contribution < 1.29 is 9.59 Å². The lowest BCUT2D eigenvalue weighted by Gasteiger charge is -2.21. The quantitative estimate of drug-likeness (QED) is 0.744. The number of piperidine rings is 1. The molecule has 1 fully saturated rings. The summed E-state index contributed by atoms with van der Waals surface area (Å²) in [5.41, 5.74) is 6.73. The van der Waals surface area contributed by atoms with Gasteiger partial charge in [0.2, 0.25) is 11.8 Å². The molecule has 0 saturated carbocycles. The lowest BCUT2D eigenvalue weighted by molar-refractivity contribution is -0.120. The van der Waals surface area contributed by atoms with Gasteiger partial charge in [-0.3, -0.25) is 9.59 Å². The van der Waals surface area contributed by atoms with E-state index in [0.717, 1.165) is 37.2 Å². The Kier molecular flexibility index (Phi) is 4.52. The minimum absolute atomic E-state index is 0.0408. The maximum Gasteiger partial charge on any atom is 0.228 e. The standard InChI is InChI=1S/C14H19N3O2/c15-13(18)8-10-3-5-12(6-4-10)17-14(19)11-2-1-7-16-9-11/h3-6,11,16H,1-2,7-9H2,(H2,15,18)(H,17,19). The van der Waals surface area contributed by atoms with E-state index in [1.807, 2.05) is 0 Å². The highest BCUT2D eigenvalue weighted by molar-refractivity contribution is 5.92. The van der Waals surface area contributed by atoms with Crippen LogP contribution in [0.25, 0.3) is 0 Å². The Morgan fingerprint density at radius 1 is 1.32 bits per heavy atom. The Morgan fingerprint density at radius 3 is 2.63 bits per heavy atom. The third-order valence-electron chi connectivity index (χ3n) is 3.27. The highest BCUT2D eigenvalue weighted by Gasteiger charge is 2.20. The van der Waals surface area contributed by atoms with Gasteiger partial charge in [-0.2, -0.15) is 0 Å². The van der Waals surface area contributed by atoms with Crippen LogP contribution in [0.2, 0.25) is 0 Å². The fourth-order valence-electron chi connectivity index (χ4n) is 2.23. The molecular formula is C14H19N3O2. The van der Waals surface area contributed by atoms with E-state index in [9.17, 15) is 9.59 Å². The van der Waals surface area contributed by atoms with Crippen LogP contribution in [0.5, 0.6) is 0 Å². The van der Waals surface area contributed by atoms with E-state index in [2.05, 4.69) is 10.6 Å². The van der Waals surface area contributed by atoms with Crippen molar-refractivity contribution in [3.63, 3.8) is 0 Å². The van der Waals surface area contributed by atoms with Crippen molar-refractivity contribution in [3.8, 4) is 0 Å². The fourth-order valence-corrected chi connectivity index (χ4v) is 2.23. The molecule has 1 atom stereocenters. The van der Waals surface area contributed by atoms with E-state index < -0.39 is 0 Å². The summed E-state index contributed by atoms with van der Waals surface area (Å²) in [6.45, 7) is 1.73. The monoisotopic (exact) mass is 261 g/mol. The van der Waals surface area contributed by atoms with Gasteiger partial charge in [-0.1, -0.05) is 12.1 Å². The lowest BCUT2D eigenvalue weighted by Crippen LogP contribution is -2.37. The molecule has 0 bridgehead atoms. The molecule has 0 aliphatic carbocycles. The molecule has 0 radical (unpaired) electrons. The third-order valence-corrected chi connectivity index (χ3v) is 3.27. The number of nitrogens with two attached hydrogens (primary N) is 1. The zero-order valence-corrected chi connectivity index (χ0v) is 10.8. The van der Waals surface area contributed by atoms with Gasteiger partial charge in [-0.05, 0) is 37.1 Å². The van der Waals surface area contributed by atoms with Crippen LogP contribution in [0.3, 0.4) is 0 Å². The summed E-state index contributed by atoms with van der Waals surface area (Å²) in [4.78, 5) is 22.8. The Morgan fingerprint density at radius 2 is 2.05 bits per heavy atom. The summed E-state index contributed by atoms with van der Waals surface area (Å²) in [5.74, 6) is -0.265. The van der Waals surface area contributed by atoms with Crippen molar-refractivity contribution in [2.24, 2.45) is 11.7 Å². The van der Waals surface area contributed by atoms with Gasteiger partial charge in [0.1, 0.15) is 0 Å². The van der Waals surface area contributed by atoms with Crippen molar-refractivity contribution in [1.29, 1.82) is 0 Å². The number of hydrogen-bond acceptors (Lipinski definition) is 3. The van der Waals surface area contributed by atoms with E-state index in [-0.39, 0.29) is 24.2 Å². The highest BCUT2D eigenvalue weighted by Crippen LogP contribution is 2.15. The molecule has 1 aromatic rings. The summed E-state index contributed by atoms with van der Waals surface area (Å²) in [6.07, 6.45) is 2.19. The molecule has 1 saturated heterocycles. The largest absolute Gasteiger partial charge is 0.369 e. The number of amides is 2. The molecular weight excluding hydrogens is 242 g/mol. The third kappa shape index (κ3) is 4.06. The SMILES string of the molecule is NC(=O)Cc1ccc(NC(=O)C2CCCNC2)cc1. The molecule has 1 aliphatic rings. The predicted molar refractivity (Wildman–Crippen MR) is 73.6 cm³/mol. The zero-order chi connectivity index (χ0) is 13.7. The van der Waals surface area contributed by atoms with Crippen molar-refractivity contribution in [2.45, 2.75) is 19.3 Å². The number of benzene rings is 1. The Hall–Kier alpha value is -1.88. The number of carbonyl (C=O) groups is 2. The maximum absolute atomic E-state index is 12.0. The van der Waals surface area contributed by atoms with Gasteiger partial charge in [0, 0.05) is 12.2 Å². The van der Waals surface area contributed by atoms with E-state index >= 15 is 0 Å². The molecule has 1 unspecified atom stereocenters. The first-order valence-electron chi connectivity index (χ1n) is 6.54. The van der Waals surface area contributed by atoms with Gasteiger partial charge < -0.3 is 16.4 Å². The normalized spacial score (nSPS) is 18.8. The van der Waals surface area contributed by atoms with Crippen LogP contribution in [-0.4, -0.2) is 24.9 Å². The van der Waals surface area contributed by atoms with Gasteiger partial charge in [0.15, 0.2) is 0 Å². The number of nitrogens with one attached hydrogen (secondary N) is 2. The lowest BCUT2D eigenvalue weighted by atomic mass is 9.99.